The third-order valence-electron chi connectivity index (χ3n) is 3.73. The second kappa shape index (κ2) is 4.66. The van der Waals surface area contributed by atoms with Crippen LogP contribution in [0.25, 0.3) is 0 Å². The van der Waals surface area contributed by atoms with E-state index in [9.17, 15) is 22.8 Å². The lowest BCUT2D eigenvalue weighted by molar-refractivity contribution is -0.190. The van der Waals surface area contributed by atoms with Crippen LogP contribution in [0.3, 0.4) is 0 Å². The largest absolute Gasteiger partial charge is 0.479 e. The van der Waals surface area contributed by atoms with E-state index in [0.29, 0.717) is 12.8 Å². The molecule has 2 saturated heterocycles. The zero-order valence-electron chi connectivity index (χ0n) is 10.1. The van der Waals surface area contributed by atoms with E-state index in [1.807, 2.05) is 0 Å². The van der Waals surface area contributed by atoms with Crippen LogP contribution in [0.5, 0.6) is 0 Å². The number of alkyl halides is 3. The minimum absolute atomic E-state index is 0.0509. The predicted molar refractivity (Wildman–Crippen MR) is 56.3 cm³/mol. The van der Waals surface area contributed by atoms with Crippen molar-refractivity contribution in [1.29, 1.82) is 0 Å². The summed E-state index contributed by atoms with van der Waals surface area (Å²) in [5, 5.41) is 8.84. The second-order valence-corrected chi connectivity index (χ2v) is 4.96. The van der Waals surface area contributed by atoms with Gasteiger partial charge in [0.15, 0.2) is 6.10 Å². The number of carboxylic acid groups (broad SMARTS) is 1. The van der Waals surface area contributed by atoms with Gasteiger partial charge in [0.05, 0.1) is 5.60 Å². The highest BCUT2D eigenvalue weighted by molar-refractivity contribution is 5.82. The monoisotopic (exact) mass is 281 g/mol. The summed E-state index contributed by atoms with van der Waals surface area (Å²) in [6, 6.07) is 0. The predicted octanol–water partition coefficient (Wildman–Crippen LogP) is 1.17. The molecule has 0 aromatic rings. The fourth-order valence-corrected chi connectivity index (χ4v) is 2.65. The topological polar surface area (TPSA) is 66.8 Å². The lowest BCUT2D eigenvalue weighted by Crippen LogP contribution is -2.50. The third-order valence-corrected chi connectivity index (χ3v) is 3.73. The maximum atomic E-state index is 12.3. The first-order valence-corrected chi connectivity index (χ1v) is 6.00. The molecule has 0 aliphatic carbocycles. The number of likely N-dealkylation sites (tertiary alicyclic amines) is 1. The molecular formula is C11H14F3NO4. The number of halogens is 3. The van der Waals surface area contributed by atoms with Crippen LogP contribution in [0.4, 0.5) is 13.2 Å². The number of carbonyl (C=O) groups is 2. The summed E-state index contributed by atoms with van der Waals surface area (Å²) in [6.07, 6.45) is -4.37. The summed E-state index contributed by atoms with van der Waals surface area (Å²) in [5.74, 6) is -2.89. The van der Waals surface area contributed by atoms with Crippen LogP contribution in [-0.2, 0) is 14.3 Å². The molecule has 5 nitrogen and oxygen atoms in total. The Hall–Kier alpha value is -1.31. The van der Waals surface area contributed by atoms with Crippen LogP contribution in [0.2, 0.25) is 0 Å². The van der Waals surface area contributed by atoms with Crippen LogP contribution < -0.4 is 0 Å². The van der Waals surface area contributed by atoms with Crippen LogP contribution in [0.1, 0.15) is 25.7 Å². The highest BCUT2D eigenvalue weighted by Gasteiger charge is 2.49. The number of piperidine rings is 1. The fraction of sp³-hybridized carbons (Fsp3) is 0.818. The van der Waals surface area contributed by atoms with Crippen LogP contribution in [0, 0.1) is 0 Å². The Bertz CT molecular complexity index is 388. The number of ether oxygens (including phenoxy) is 1. The number of nitrogens with zero attached hydrogens (tertiary/aromatic N) is 1. The molecule has 2 fully saturated rings. The lowest BCUT2D eigenvalue weighted by Gasteiger charge is -2.39. The molecule has 0 aromatic heterocycles. The van der Waals surface area contributed by atoms with E-state index in [1.54, 1.807) is 0 Å². The van der Waals surface area contributed by atoms with Gasteiger partial charge >= 0.3 is 18.1 Å². The zero-order valence-corrected chi connectivity index (χ0v) is 10.1. The molecule has 108 valence electrons. The van der Waals surface area contributed by atoms with E-state index in [1.165, 1.54) is 0 Å². The summed E-state index contributed by atoms with van der Waals surface area (Å²) in [5.41, 5.74) is -0.675. The number of rotatable bonds is 1. The maximum Gasteiger partial charge on any atom is 0.471 e. The molecule has 1 N–H and O–H groups in total. The molecule has 0 bridgehead atoms. The van der Waals surface area contributed by atoms with Gasteiger partial charge in [-0.15, -0.1) is 0 Å². The molecular weight excluding hydrogens is 267 g/mol. The van der Waals surface area contributed by atoms with Crippen molar-refractivity contribution in [2.45, 2.75) is 43.6 Å². The van der Waals surface area contributed by atoms with E-state index in [4.69, 9.17) is 9.84 Å². The molecule has 8 heteroatoms. The van der Waals surface area contributed by atoms with Gasteiger partial charge in [0.2, 0.25) is 0 Å². The summed E-state index contributed by atoms with van der Waals surface area (Å²) >= 11 is 0. The van der Waals surface area contributed by atoms with Gasteiger partial charge in [-0.1, -0.05) is 0 Å². The number of hydrogen-bond donors (Lipinski definition) is 1. The van der Waals surface area contributed by atoms with Gasteiger partial charge in [-0.2, -0.15) is 13.2 Å². The maximum absolute atomic E-state index is 12.3. The zero-order chi connectivity index (χ0) is 14.3. The SMILES string of the molecule is O=C(O)C1CCC2(CCN(C(=O)C(F)(F)F)CC2)O1. The number of carboxylic acids is 1. The molecule has 0 aromatic carbocycles. The first kappa shape index (κ1) is 14.1. The van der Waals surface area contributed by atoms with Crippen molar-refractivity contribution in [2.24, 2.45) is 0 Å². The van der Waals surface area contributed by atoms with Crippen LogP contribution in [-0.4, -0.2) is 52.9 Å². The average molecular weight is 281 g/mol. The van der Waals surface area contributed by atoms with Gasteiger partial charge in [0.25, 0.3) is 0 Å². The fourth-order valence-electron chi connectivity index (χ4n) is 2.65. The Morgan fingerprint density at radius 3 is 2.21 bits per heavy atom. The Morgan fingerprint density at radius 1 is 1.21 bits per heavy atom. The summed E-state index contributed by atoms with van der Waals surface area (Å²) in [7, 11) is 0. The molecule has 2 heterocycles. The molecule has 1 amide bonds. The minimum atomic E-state index is -4.86. The van der Waals surface area contributed by atoms with Gasteiger partial charge < -0.3 is 14.7 Å². The van der Waals surface area contributed by atoms with Crippen molar-refractivity contribution in [3.8, 4) is 0 Å². The van der Waals surface area contributed by atoms with Gasteiger partial charge in [0.1, 0.15) is 0 Å². The molecule has 0 saturated carbocycles. The molecule has 1 spiro atoms. The average Bonchev–Trinajstić information content (AvgIpc) is 2.73. The van der Waals surface area contributed by atoms with E-state index in [-0.39, 0.29) is 25.9 Å². The first-order valence-electron chi connectivity index (χ1n) is 6.00. The van der Waals surface area contributed by atoms with Gasteiger partial charge in [-0.05, 0) is 25.7 Å². The Morgan fingerprint density at radius 2 is 1.79 bits per heavy atom. The van der Waals surface area contributed by atoms with Crippen LogP contribution in [0.15, 0.2) is 0 Å². The van der Waals surface area contributed by atoms with Crippen LogP contribution >= 0.6 is 0 Å². The molecule has 1 unspecified atom stereocenters. The van der Waals surface area contributed by atoms with Crippen molar-refractivity contribution in [3.63, 3.8) is 0 Å². The number of amides is 1. The lowest BCUT2D eigenvalue weighted by atomic mass is 9.88. The normalized spacial score (nSPS) is 26.7. The third kappa shape index (κ3) is 2.83. The highest BCUT2D eigenvalue weighted by Crippen LogP contribution is 2.39. The number of hydrogen-bond acceptors (Lipinski definition) is 3. The highest BCUT2D eigenvalue weighted by atomic mass is 19.4. The molecule has 2 aliphatic heterocycles. The minimum Gasteiger partial charge on any atom is -0.479 e. The summed E-state index contributed by atoms with van der Waals surface area (Å²) in [4.78, 5) is 22.6. The number of carbonyl (C=O) groups excluding carboxylic acids is 1. The van der Waals surface area contributed by atoms with E-state index in [2.05, 4.69) is 0 Å². The molecule has 19 heavy (non-hydrogen) atoms. The van der Waals surface area contributed by atoms with E-state index < -0.39 is 29.8 Å². The Labute approximate surface area is 107 Å². The first-order chi connectivity index (χ1) is 8.73. The van der Waals surface area contributed by atoms with Crippen molar-refractivity contribution >= 4 is 11.9 Å². The summed E-state index contributed by atoms with van der Waals surface area (Å²) < 4.78 is 42.3. The van der Waals surface area contributed by atoms with Gasteiger partial charge in [-0.3, -0.25) is 4.79 Å². The molecule has 0 radical (unpaired) electrons. The van der Waals surface area contributed by atoms with Gasteiger partial charge in [0, 0.05) is 13.1 Å². The van der Waals surface area contributed by atoms with Crippen molar-refractivity contribution in [2.75, 3.05) is 13.1 Å². The standard InChI is InChI=1S/C11H14F3NO4/c12-11(13,14)9(18)15-5-3-10(4-6-15)2-1-7(19-10)8(16)17/h7H,1-6H2,(H,16,17). The molecule has 2 aliphatic rings. The number of aliphatic carboxylic acids is 1. The van der Waals surface area contributed by atoms with Crippen molar-refractivity contribution in [1.82, 2.24) is 4.90 Å². The molecule has 2 rings (SSSR count). The Balaban J connectivity index is 1.93. The second-order valence-electron chi connectivity index (χ2n) is 4.96. The van der Waals surface area contributed by atoms with Gasteiger partial charge in [-0.25, -0.2) is 4.79 Å². The smallest absolute Gasteiger partial charge is 0.471 e. The quantitative estimate of drug-likeness (QED) is 0.783. The van der Waals surface area contributed by atoms with E-state index >= 15 is 0 Å². The molecule has 1 atom stereocenters. The van der Waals surface area contributed by atoms with Crippen molar-refractivity contribution in [3.05, 3.63) is 0 Å². The van der Waals surface area contributed by atoms with Crippen molar-refractivity contribution < 1.29 is 32.6 Å². The van der Waals surface area contributed by atoms with E-state index in [0.717, 1.165) is 4.90 Å². The Kier molecular flexibility index (Phi) is 3.46. The summed E-state index contributed by atoms with van der Waals surface area (Å²) in [6.45, 7) is -0.102.